The fourth-order valence-corrected chi connectivity index (χ4v) is 5.78. The lowest BCUT2D eigenvalue weighted by Crippen LogP contribution is -2.34. The minimum absolute atomic E-state index is 0.0639. The lowest BCUT2D eigenvalue weighted by molar-refractivity contribution is 0.0978. The highest BCUT2D eigenvalue weighted by molar-refractivity contribution is 7.89. The van der Waals surface area contributed by atoms with Gasteiger partial charge < -0.3 is 10.1 Å². The summed E-state index contributed by atoms with van der Waals surface area (Å²) in [4.78, 5) is 39.1. The number of nitrogens with zero attached hydrogens (tertiary/aromatic N) is 1. The number of hydrogen-bond acceptors (Lipinski definition) is 6. The van der Waals surface area contributed by atoms with E-state index in [1.165, 1.54) is 35.6 Å². The molecular formula is C27H24N2O6S. The van der Waals surface area contributed by atoms with E-state index in [4.69, 9.17) is 4.74 Å². The number of benzene rings is 3. The molecule has 0 saturated carbocycles. The van der Waals surface area contributed by atoms with Gasteiger partial charge in [-0.1, -0.05) is 36.4 Å². The van der Waals surface area contributed by atoms with E-state index in [1.807, 2.05) is 0 Å². The van der Waals surface area contributed by atoms with E-state index in [0.29, 0.717) is 17.7 Å². The van der Waals surface area contributed by atoms with Gasteiger partial charge in [0.2, 0.25) is 10.0 Å². The Labute approximate surface area is 208 Å². The highest BCUT2D eigenvalue weighted by atomic mass is 32.2. The van der Waals surface area contributed by atoms with Crippen LogP contribution in [-0.2, 0) is 14.8 Å². The van der Waals surface area contributed by atoms with Crippen molar-refractivity contribution in [3.8, 4) is 0 Å². The fourth-order valence-electron chi connectivity index (χ4n) is 4.58. The highest BCUT2D eigenvalue weighted by Crippen LogP contribution is 2.32. The average molecular weight is 505 g/mol. The van der Waals surface area contributed by atoms with Crippen LogP contribution in [-0.4, -0.2) is 56.5 Å². The van der Waals surface area contributed by atoms with Crippen LogP contribution < -0.4 is 5.32 Å². The zero-order valence-electron chi connectivity index (χ0n) is 19.6. The molecule has 0 spiro atoms. The second kappa shape index (κ2) is 9.42. The van der Waals surface area contributed by atoms with Crippen LogP contribution in [0.3, 0.4) is 0 Å². The number of amides is 1. The summed E-state index contributed by atoms with van der Waals surface area (Å²) in [5.74, 6) is -1.15. The summed E-state index contributed by atoms with van der Waals surface area (Å²) < 4.78 is 32.6. The van der Waals surface area contributed by atoms with Crippen LogP contribution in [0.25, 0.3) is 0 Å². The van der Waals surface area contributed by atoms with Crippen LogP contribution in [0.15, 0.2) is 71.6 Å². The minimum Gasteiger partial charge on any atom is -0.377 e. The normalized spacial score (nSPS) is 17.1. The van der Waals surface area contributed by atoms with Gasteiger partial charge in [0, 0.05) is 42.5 Å². The van der Waals surface area contributed by atoms with Crippen molar-refractivity contribution in [1.29, 1.82) is 0 Å². The smallest absolute Gasteiger partial charge is 0.255 e. The number of hydrogen-bond donors (Lipinski definition) is 1. The number of anilines is 1. The number of carbonyl (C=O) groups is 3. The Bertz CT molecular complexity index is 1470. The third-order valence-electron chi connectivity index (χ3n) is 6.51. The fraction of sp³-hybridized carbons (Fsp3) is 0.222. The van der Waals surface area contributed by atoms with E-state index in [-0.39, 0.29) is 51.5 Å². The van der Waals surface area contributed by atoms with Gasteiger partial charge in [-0.2, -0.15) is 4.31 Å². The predicted molar refractivity (Wildman–Crippen MR) is 133 cm³/mol. The molecule has 1 aliphatic heterocycles. The van der Waals surface area contributed by atoms with E-state index in [9.17, 15) is 22.8 Å². The zero-order chi connectivity index (χ0) is 25.4. The number of fused-ring (bicyclic) bond motifs is 2. The van der Waals surface area contributed by atoms with Gasteiger partial charge in [-0.15, -0.1) is 0 Å². The van der Waals surface area contributed by atoms with E-state index in [1.54, 1.807) is 42.5 Å². The molecule has 9 heteroatoms. The van der Waals surface area contributed by atoms with Crippen LogP contribution in [0.4, 0.5) is 5.69 Å². The van der Waals surface area contributed by atoms with Gasteiger partial charge in [-0.3, -0.25) is 14.4 Å². The Balaban J connectivity index is 1.36. The highest BCUT2D eigenvalue weighted by Gasteiger charge is 2.32. The molecule has 0 bridgehead atoms. The molecule has 5 rings (SSSR count). The zero-order valence-corrected chi connectivity index (χ0v) is 20.4. The molecule has 36 heavy (non-hydrogen) atoms. The molecule has 184 valence electrons. The molecule has 1 N–H and O–H groups in total. The molecule has 1 heterocycles. The molecular weight excluding hydrogens is 480 g/mol. The van der Waals surface area contributed by atoms with Crippen molar-refractivity contribution >= 4 is 33.2 Å². The first-order chi connectivity index (χ1) is 17.3. The van der Waals surface area contributed by atoms with E-state index < -0.39 is 15.9 Å². The minimum atomic E-state index is -3.74. The Kier molecular flexibility index (Phi) is 6.29. The van der Waals surface area contributed by atoms with Gasteiger partial charge in [0.15, 0.2) is 11.6 Å². The molecule has 1 saturated heterocycles. The maximum Gasteiger partial charge on any atom is 0.255 e. The summed E-state index contributed by atoms with van der Waals surface area (Å²) in [7, 11) is -2.24. The number of nitrogens with one attached hydrogen (secondary N) is 1. The quantitative estimate of drug-likeness (QED) is 0.430. The SMILES string of the molecule is CN(CC1CCCO1)S(=O)(=O)c1ccc(C(=O)Nc2cccc3c2C(=O)c2ccccc2C3=O)cc1. The Morgan fingerprint density at radius 1 is 0.944 bits per heavy atom. The summed E-state index contributed by atoms with van der Waals surface area (Å²) in [6, 6.07) is 16.9. The maximum atomic E-state index is 13.2. The first-order valence-electron chi connectivity index (χ1n) is 11.6. The van der Waals surface area contributed by atoms with Gasteiger partial charge in [0.1, 0.15) is 0 Å². The van der Waals surface area contributed by atoms with E-state index >= 15 is 0 Å². The van der Waals surface area contributed by atoms with Crippen LogP contribution >= 0.6 is 0 Å². The van der Waals surface area contributed by atoms with Gasteiger partial charge in [-0.25, -0.2) is 8.42 Å². The number of sulfonamides is 1. The predicted octanol–water partition coefficient (Wildman–Crippen LogP) is 3.51. The van der Waals surface area contributed by atoms with Crippen molar-refractivity contribution in [3.05, 3.63) is 94.5 Å². The molecule has 1 aliphatic carbocycles. The van der Waals surface area contributed by atoms with E-state index in [2.05, 4.69) is 5.32 Å². The van der Waals surface area contributed by atoms with Gasteiger partial charge >= 0.3 is 0 Å². The van der Waals surface area contributed by atoms with Crippen LogP contribution in [0.2, 0.25) is 0 Å². The number of rotatable bonds is 6. The van der Waals surface area contributed by atoms with E-state index in [0.717, 1.165) is 12.8 Å². The Hall–Kier alpha value is -3.66. The Morgan fingerprint density at radius 3 is 2.28 bits per heavy atom. The molecule has 8 nitrogen and oxygen atoms in total. The summed E-state index contributed by atoms with van der Waals surface area (Å²) in [5, 5.41) is 2.71. The lowest BCUT2D eigenvalue weighted by Gasteiger charge is -2.21. The van der Waals surface area contributed by atoms with Gasteiger partial charge in [0.05, 0.1) is 22.3 Å². The summed E-state index contributed by atoms with van der Waals surface area (Å²) in [6.45, 7) is 0.902. The van der Waals surface area contributed by atoms with Crippen LogP contribution in [0.1, 0.15) is 55.0 Å². The molecule has 0 aromatic heterocycles. The topological polar surface area (TPSA) is 110 Å². The second-order valence-corrected chi connectivity index (χ2v) is 10.9. The van der Waals surface area contributed by atoms with Crippen molar-refractivity contribution in [2.75, 3.05) is 25.5 Å². The molecule has 2 aliphatic rings. The summed E-state index contributed by atoms with van der Waals surface area (Å²) in [6.07, 6.45) is 1.62. The molecule has 3 aromatic rings. The summed E-state index contributed by atoms with van der Waals surface area (Å²) >= 11 is 0. The number of ketones is 2. The number of likely N-dealkylation sites (N-methyl/N-ethyl adjacent to an activating group) is 1. The molecule has 1 amide bonds. The molecule has 1 atom stereocenters. The standard InChI is InChI=1S/C27H24N2O6S/c1-29(16-18-6-5-15-35-18)36(33,34)19-13-11-17(12-14-19)27(32)28-23-10-4-9-22-24(23)26(31)21-8-3-2-7-20(21)25(22)30/h2-4,7-14,18H,5-6,15-16H2,1H3,(H,28,32). The maximum absolute atomic E-state index is 13.2. The number of ether oxygens (including phenoxy) is 1. The first kappa shape index (κ1) is 24.1. The third kappa shape index (κ3) is 4.26. The van der Waals surface area contributed by atoms with Crippen LogP contribution in [0.5, 0.6) is 0 Å². The largest absolute Gasteiger partial charge is 0.377 e. The number of carbonyl (C=O) groups excluding carboxylic acids is 3. The average Bonchev–Trinajstić information content (AvgIpc) is 3.40. The van der Waals surface area contributed by atoms with Gasteiger partial charge in [0.25, 0.3) is 5.91 Å². The van der Waals surface area contributed by atoms with Crippen molar-refractivity contribution in [2.45, 2.75) is 23.8 Å². The molecule has 1 fully saturated rings. The Morgan fingerprint density at radius 2 is 1.61 bits per heavy atom. The third-order valence-corrected chi connectivity index (χ3v) is 8.35. The van der Waals surface area contributed by atoms with Crippen molar-refractivity contribution < 1.29 is 27.5 Å². The van der Waals surface area contributed by atoms with Crippen molar-refractivity contribution in [2.24, 2.45) is 0 Å². The lowest BCUT2D eigenvalue weighted by atomic mass is 9.83. The van der Waals surface area contributed by atoms with Gasteiger partial charge in [-0.05, 0) is 43.2 Å². The van der Waals surface area contributed by atoms with Crippen LogP contribution in [0, 0.1) is 0 Å². The molecule has 3 aromatic carbocycles. The van der Waals surface area contributed by atoms with Crippen molar-refractivity contribution in [3.63, 3.8) is 0 Å². The summed E-state index contributed by atoms with van der Waals surface area (Å²) in [5.41, 5.74) is 1.43. The monoisotopic (exact) mass is 504 g/mol. The van der Waals surface area contributed by atoms with Crippen molar-refractivity contribution in [1.82, 2.24) is 4.31 Å². The second-order valence-electron chi connectivity index (χ2n) is 8.83. The molecule has 0 radical (unpaired) electrons. The first-order valence-corrected chi connectivity index (χ1v) is 13.0. The molecule has 1 unspecified atom stereocenters.